The lowest BCUT2D eigenvalue weighted by Crippen LogP contribution is -2.01. The largest absolute Gasteiger partial charge is 0.455 e. The lowest BCUT2D eigenvalue weighted by atomic mass is 10.0. The Morgan fingerprint density at radius 2 is 0.714 bits per heavy atom. The minimum Gasteiger partial charge on any atom is -0.455 e. The summed E-state index contributed by atoms with van der Waals surface area (Å²) < 4.78 is 11.5. The van der Waals surface area contributed by atoms with Crippen LogP contribution >= 0.6 is 0 Å². The summed E-state index contributed by atoms with van der Waals surface area (Å²) in [6.45, 7) is 0. The highest BCUT2D eigenvalue weighted by Gasteiger charge is 2.21. The molecule has 0 aliphatic rings. The molecule has 6 nitrogen and oxygen atoms in total. The Morgan fingerprint density at radius 3 is 1.33 bits per heavy atom. The number of rotatable bonds is 6. The van der Waals surface area contributed by atoms with Gasteiger partial charge in [-0.2, -0.15) is 0 Å². The molecule has 4 heterocycles. The number of hydrogen-bond acceptors (Lipinski definition) is 4. The van der Waals surface area contributed by atoms with Crippen LogP contribution < -0.4 is 0 Å². The Kier molecular flexibility index (Phi) is 7.80. The van der Waals surface area contributed by atoms with Crippen molar-refractivity contribution >= 4 is 65.6 Å². The zero-order valence-electron chi connectivity index (χ0n) is 33.9. The number of nitrogens with zero attached hydrogens (tertiary/aromatic N) is 5. The Hall–Kier alpha value is -8.61. The summed E-state index contributed by atoms with van der Waals surface area (Å²) >= 11 is 0. The molecule has 0 saturated heterocycles. The van der Waals surface area contributed by atoms with E-state index in [1.807, 2.05) is 42.5 Å². The Balaban J connectivity index is 0.942. The molecule has 0 atom stereocenters. The van der Waals surface area contributed by atoms with E-state index in [-0.39, 0.29) is 0 Å². The van der Waals surface area contributed by atoms with Crippen LogP contribution in [0, 0.1) is 0 Å². The zero-order valence-corrected chi connectivity index (χ0v) is 33.9. The molecule has 0 radical (unpaired) electrons. The Morgan fingerprint density at radius 1 is 0.286 bits per heavy atom. The first-order valence-electron chi connectivity index (χ1n) is 21.2. The third-order valence-corrected chi connectivity index (χ3v) is 12.4. The van der Waals surface area contributed by atoms with E-state index in [9.17, 15) is 0 Å². The van der Waals surface area contributed by atoms with Gasteiger partial charge >= 0.3 is 0 Å². The van der Waals surface area contributed by atoms with Crippen molar-refractivity contribution in [1.82, 2.24) is 24.1 Å². The molecule has 13 aromatic rings. The number of furan rings is 1. The highest BCUT2D eigenvalue weighted by Crippen LogP contribution is 2.41. The van der Waals surface area contributed by atoms with E-state index in [0.29, 0.717) is 17.5 Å². The second kappa shape index (κ2) is 14.0. The van der Waals surface area contributed by atoms with Gasteiger partial charge in [0.15, 0.2) is 17.5 Å². The fraction of sp³-hybridized carbons (Fsp3) is 0. The second-order valence-electron chi connectivity index (χ2n) is 16.0. The smallest absolute Gasteiger partial charge is 0.167 e. The molecule has 63 heavy (non-hydrogen) atoms. The van der Waals surface area contributed by atoms with Crippen LogP contribution in [-0.4, -0.2) is 24.1 Å². The standard InChI is InChI=1S/C57H35N5O/c1-3-15-36(16-4-1)41-22-13-23-45-46-24-14-25-47(54(46)63-53(41)45)57-59-55(37-17-5-2-6-18-37)58-56(60-57)38-29-31-39(32-30-38)61-51-28-12-9-21-44(51)48-35-40(33-34-52(48)61)62-49-26-10-7-19-42(49)43-20-8-11-27-50(43)62/h1-35H. The van der Waals surface area contributed by atoms with Crippen LogP contribution in [0.4, 0.5) is 0 Å². The molecule has 0 saturated carbocycles. The van der Waals surface area contributed by atoms with E-state index in [0.717, 1.165) is 72.2 Å². The molecule has 9 aromatic carbocycles. The molecular weight excluding hydrogens is 771 g/mol. The molecule has 6 heteroatoms. The quantitative estimate of drug-likeness (QED) is 0.168. The van der Waals surface area contributed by atoms with Gasteiger partial charge in [-0.1, -0.05) is 146 Å². The molecule has 0 fully saturated rings. The number of hydrogen-bond donors (Lipinski definition) is 0. The first kappa shape index (κ1) is 35.2. The van der Waals surface area contributed by atoms with Crippen LogP contribution in [0.3, 0.4) is 0 Å². The van der Waals surface area contributed by atoms with Gasteiger partial charge in [-0.3, -0.25) is 0 Å². The number of fused-ring (bicyclic) bond motifs is 9. The lowest BCUT2D eigenvalue weighted by Gasteiger charge is -2.11. The minimum absolute atomic E-state index is 0.551. The van der Waals surface area contributed by atoms with Gasteiger partial charge in [-0.25, -0.2) is 15.0 Å². The van der Waals surface area contributed by atoms with Crippen molar-refractivity contribution < 1.29 is 4.42 Å². The molecule has 0 N–H and O–H groups in total. The van der Waals surface area contributed by atoms with E-state index >= 15 is 0 Å². The van der Waals surface area contributed by atoms with Crippen molar-refractivity contribution in [2.75, 3.05) is 0 Å². The van der Waals surface area contributed by atoms with E-state index in [2.05, 4.69) is 179 Å². The Labute approximate surface area is 361 Å². The summed E-state index contributed by atoms with van der Waals surface area (Å²) in [5.74, 6) is 1.73. The van der Waals surface area contributed by atoms with E-state index in [1.54, 1.807) is 0 Å². The number of para-hydroxylation sites is 5. The molecule has 0 bridgehead atoms. The zero-order chi connectivity index (χ0) is 41.4. The third-order valence-electron chi connectivity index (χ3n) is 12.4. The maximum Gasteiger partial charge on any atom is 0.167 e. The average Bonchev–Trinajstić information content (AvgIpc) is 4.02. The maximum absolute atomic E-state index is 6.80. The predicted molar refractivity (Wildman–Crippen MR) is 258 cm³/mol. The molecule has 4 aromatic heterocycles. The van der Waals surface area contributed by atoms with Gasteiger partial charge < -0.3 is 13.6 Å². The van der Waals surface area contributed by atoms with Gasteiger partial charge in [0.25, 0.3) is 0 Å². The summed E-state index contributed by atoms with van der Waals surface area (Å²) in [6, 6.07) is 74.4. The normalized spacial score (nSPS) is 11.8. The van der Waals surface area contributed by atoms with Crippen LogP contribution in [-0.2, 0) is 0 Å². The van der Waals surface area contributed by atoms with Gasteiger partial charge in [0.05, 0.1) is 27.6 Å². The molecule has 0 amide bonds. The molecule has 13 rings (SSSR count). The monoisotopic (exact) mass is 805 g/mol. The molecular formula is C57H35N5O. The first-order chi connectivity index (χ1) is 31.2. The molecule has 0 spiro atoms. The van der Waals surface area contributed by atoms with Crippen LogP contribution in [0.25, 0.3) is 122 Å². The summed E-state index contributed by atoms with van der Waals surface area (Å²) in [5.41, 5.74) is 13.2. The summed E-state index contributed by atoms with van der Waals surface area (Å²) in [6.07, 6.45) is 0. The highest BCUT2D eigenvalue weighted by molar-refractivity contribution is 6.14. The molecule has 294 valence electrons. The van der Waals surface area contributed by atoms with Crippen LogP contribution in [0.1, 0.15) is 0 Å². The van der Waals surface area contributed by atoms with Crippen LogP contribution in [0.5, 0.6) is 0 Å². The van der Waals surface area contributed by atoms with Crippen molar-refractivity contribution in [3.63, 3.8) is 0 Å². The van der Waals surface area contributed by atoms with Crippen LogP contribution in [0.15, 0.2) is 217 Å². The summed E-state index contributed by atoms with van der Waals surface area (Å²) in [7, 11) is 0. The van der Waals surface area contributed by atoms with Crippen molar-refractivity contribution in [1.29, 1.82) is 0 Å². The van der Waals surface area contributed by atoms with Crippen molar-refractivity contribution in [2.24, 2.45) is 0 Å². The maximum atomic E-state index is 6.80. The van der Waals surface area contributed by atoms with Gasteiger partial charge in [-0.15, -0.1) is 0 Å². The fourth-order valence-corrected chi connectivity index (χ4v) is 9.52. The second-order valence-corrected chi connectivity index (χ2v) is 16.0. The summed E-state index contributed by atoms with van der Waals surface area (Å²) in [4.78, 5) is 15.4. The van der Waals surface area contributed by atoms with E-state index < -0.39 is 0 Å². The van der Waals surface area contributed by atoms with Crippen molar-refractivity contribution in [3.8, 4) is 56.7 Å². The number of aromatic nitrogens is 5. The van der Waals surface area contributed by atoms with Crippen molar-refractivity contribution in [2.45, 2.75) is 0 Å². The van der Waals surface area contributed by atoms with Gasteiger partial charge in [0.1, 0.15) is 11.2 Å². The molecule has 0 aliphatic carbocycles. The van der Waals surface area contributed by atoms with Crippen LogP contribution in [0.2, 0.25) is 0 Å². The third kappa shape index (κ3) is 5.55. The minimum atomic E-state index is 0.551. The average molecular weight is 806 g/mol. The fourth-order valence-electron chi connectivity index (χ4n) is 9.52. The number of benzene rings is 9. The Bertz CT molecular complexity index is 3850. The van der Waals surface area contributed by atoms with Gasteiger partial charge in [-0.05, 0) is 72.3 Å². The highest BCUT2D eigenvalue weighted by atomic mass is 16.3. The summed E-state index contributed by atoms with van der Waals surface area (Å²) in [5, 5.41) is 6.96. The van der Waals surface area contributed by atoms with E-state index in [4.69, 9.17) is 19.4 Å². The van der Waals surface area contributed by atoms with Crippen molar-refractivity contribution in [3.05, 3.63) is 212 Å². The predicted octanol–water partition coefficient (Wildman–Crippen LogP) is 14.6. The molecule has 0 aliphatic heterocycles. The topological polar surface area (TPSA) is 61.7 Å². The molecule has 0 unspecified atom stereocenters. The SMILES string of the molecule is c1ccc(-c2nc(-c3ccc(-n4c5ccccc5c5cc(-n6c7ccccc7c7ccccc76)ccc54)cc3)nc(-c3cccc4c3oc3c(-c5ccccc5)cccc34)n2)cc1. The van der Waals surface area contributed by atoms with Gasteiger partial charge in [0.2, 0.25) is 0 Å². The first-order valence-corrected chi connectivity index (χ1v) is 21.2. The van der Waals surface area contributed by atoms with Gasteiger partial charge in [0, 0.05) is 60.4 Å². The lowest BCUT2D eigenvalue weighted by molar-refractivity contribution is 0.670. The van der Waals surface area contributed by atoms with E-state index in [1.165, 1.54) is 32.6 Å².